The second-order valence-electron chi connectivity index (χ2n) is 5.07. The zero-order chi connectivity index (χ0) is 17.5. The molecule has 1 aliphatic heterocycles. The SMILES string of the molecule is CCOC(=O)C=C1SCC(=O)N1CCOC(=O)c1cccc(C)c1. The number of nitrogens with zero attached hydrogens (tertiary/aromatic N) is 1. The fraction of sp³-hybridized carbons (Fsp3) is 0.353. The highest BCUT2D eigenvalue weighted by Gasteiger charge is 2.27. The molecule has 1 amide bonds. The Morgan fingerprint density at radius 2 is 2.12 bits per heavy atom. The van der Waals surface area contributed by atoms with Gasteiger partial charge in [0, 0.05) is 0 Å². The van der Waals surface area contributed by atoms with Crippen molar-refractivity contribution in [1.29, 1.82) is 0 Å². The third-order valence-corrected chi connectivity index (χ3v) is 4.27. The van der Waals surface area contributed by atoms with E-state index < -0.39 is 11.9 Å². The number of hydrogen-bond acceptors (Lipinski definition) is 6. The maximum absolute atomic E-state index is 12.0. The number of benzene rings is 1. The zero-order valence-electron chi connectivity index (χ0n) is 13.6. The van der Waals surface area contributed by atoms with Crippen molar-refractivity contribution in [2.24, 2.45) is 0 Å². The zero-order valence-corrected chi connectivity index (χ0v) is 14.4. The molecule has 1 aliphatic rings. The summed E-state index contributed by atoms with van der Waals surface area (Å²) in [6.07, 6.45) is 1.29. The van der Waals surface area contributed by atoms with Gasteiger partial charge in [-0.05, 0) is 26.0 Å². The lowest BCUT2D eigenvalue weighted by molar-refractivity contribution is -0.137. The van der Waals surface area contributed by atoms with Gasteiger partial charge in [-0.25, -0.2) is 9.59 Å². The minimum Gasteiger partial charge on any atom is -0.463 e. The van der Waals surface area contributed by atoms with Crippen LogP contribution in [0.15, 0.2) is 35.4 Å². The molecule has 0 aliphatic carbocycles. The molecule has 0 atom stereocenters. The summed E-state index contributed by atoms with van der Waals surface area (Å²) in [6, 6.07) is 7.10. The Kier molecular flexibility index (Phi) is 6.43. The number of amides is 1. The van der Waals surface area contributed by atoms with Gasteiger partial charge in [-0.3, -0.25) is 4.79 Å². The Bertz CT molecular complexity index is 671. The Labute approximate surface area is 144 Å². The lowest BCUT2D eigenvalue weighted by atomic mass is 10.1. The first kappa shape index (κ1) is 18.1. The van der Waals surface area contributed by atoms with Crippen LogP contribution in [0.1, 0.15) is 22.8 Å². The first-order chi connectivity index (χ1) is 11.5. The summed E-state index contributed by atoms with van der Waals surface area (Å²) in [4.78, 5) is 36.8. The summed E-state index contributed by atoms with van der Waals surface area (Å²) in [5, 5.41) is 0.519. The molecule has 2 rings (SSSR count). The maximum atomic E-state index is 12.0. The predicted octanol–water partition coefficient (Wildman–Crippen LogP) is 2.13. The van der Waals surface area contributed by atoms with E-state index in [4.69, 9.17) is 9.47 Å². The summed E-state index contributed by atoms with van der Waals surface area (Å²) in [5.41, 5.74) is 1.44. The minimum absolute atomic E-state index is 0.0548. The number of carbonyl (C=O) groups is 3. The van der Waals surface area contributed by atoms with Gasteiger partial charge in [-0.15, -0.1) is 0 Å². The van der Waals surface area contributed by atoms with Gasteiger partial charge < -0.3 is 14.4 Å². The van der Waals surface area contributed by atoms with Crippen LogP contribution in [0.2, 0.25) is 0 Å². The van der Waals surface area contributed by atoms with Gasteiger partial charge in [0.05, 0.1) is 35.6 Å². The van der Waals surface area contributed by atoms with Gasteiger partial charge in [0.1, 0.15) is 6.61 Å². The van der Waals surface area contributed by atoms with Crippen molar-refractivity contribution in [2.45, 2.75) is 13.8 Å². The highest BCUT2D eigenvalue weighted by Crippen LogP contribution is 2.28. The van der Waals surface area contributed by atoms with Crippen LogP contribution in [0.4, 0.5) is 0 Å². The molecule has 1 heterocycles. The number of rotatable bonds is 6. The number of aryl methyl sites for hydroxylation is 1. The van der Waals surface area contributed by atoms with Crippen LogP contribution in [-0.4, -0.2) is 48.3 Å². The molecule has 0 N–H and O–H groups in total. The molecule has 1 saturated heterocycles. The first-order valence-electron chi connectivity index (χ1n) is 7.56. The van der Waals surface area contributed by atoms with Crippen molar-refractivity contribution in [1.82, 2.24) is 4.90 Å². The van der Waals surface area contributed by atoms with E-state index in [-0.39, 0.29) is 31.4 Å². The van der Waals surface area contributed by atoms with E-state index in [1.54, 1.807) is 25.1 Å². The smallest absolute Gasteiger partial charge is 0.338 e. The van der Waals surface area contributed by atoms with Gasteiger partial charge >= 0.3 is 11.9 Å². The van der Waals surface area contributed by atoms with Crippen LogP contribution in [0.3, 0.4) is 0 Å². The Morgan fingerprint density at radius 3 is 2.83 bits per heavy atom. The molecule has 1 aromatic carbocycles. The number of esters is 2. The molecular weight excluding hydrogens is 330 g/mol. The second-order valence-corrected chi connectivity index (χ2v) is 6.07. The summed E-state index contributed by atoms with van der Waals surface area (Å²) in [6.45, 7) is 4.14. The van der Waals surface area contributed by atoms with Crippen LogP contribution in [0, 0.1) is 6.92 Å². The van der Waals surface area contributed by atoms with E-state index in [1.165, 1.54) is 22.7 Å². The number of thioether (sulfide) groups is 1. The Balaban J connectivity index is 1.91. The molecule has 0 aromatic heterocycles. The Morgan fingerprint density at radius 1 is 1.33 bits per heavy atom. The van der Waals surface area contributed by atoms with E-state index in [0.717, 1.165) is 5.56 Å². The van der Waals surface area contributed by atoms with Crippen molar-refractivity contribution in [3.8, 4) is 0 Å². The summed E-state index contributed by atoms with van der Waals surface area (Å²) >= 11 is 1.27. The molecule has 128 valence electrons. The average Bonchev–Trinajstić information content (AvgIpc) is 2.88. The normalized spacial score (nSPS) is 15.7. The van der Waals surface area contributed by atoms with Crippen LogP contribution in [-0.2, 0) is 19.1 Å². The number of ether oxygens (including phenoxy) is 2. The largest absolute Gasteiger partial charge is 0.463 e. The fourth-order valence-electron chi connectivity index (χ4n) is 2.14. The number of hydrogen-bond donors (Lipinski definition) is 0. The van der Waals surface area contributed by atoms with E-state index in [9.17, 15) is 14.4 Å². The Hall–Kier alpha value is -2.28. The third-order valence-electron chi connectivity index (χ3n) is 3.24. The number of carbonyl (C=O) groups excluding carboxylic acids is 3. The van der Waals surface area contributed by atoms with Crippen LogP contribution < -0.4 is 0 Å². The van der Waals surface area contributed by atoms with Crippen LogP contribution in [0.5, 0.6) is 0 Å². The fourth-order valence-corrected chi connectivity index (χ4v) is 3.09. The van der Waals surface area contributed by atoms with E-state index in [2.05, 4.69) is 0 Å². The molecular formula is C17H19NO5S. The van der Waals surface area contributed by atoms with Gasteiger partial charge in [-0.2, -0.15) is 0 Å². The first-order valence-corrected chi connectivity index (χ1v) is 8.55. The van der Waals surface area contributed by atoms with Crippen LogP contribution in [0.25, 0.3) is 0 Å². The van der Waals surface area contributed by atoms with Crippen molar-refractivity contribution < 1.29 is 23.9 Å². The van der Waals surface area contributed by atoms with Gasteiger partial charge in [0.15, 0.2) is 0 Å². The predicted molar refractivity (Wildman–Crippen MR) is 90.3 cm³/mol. The average molecular weight is 349 g/mol. The molecule has 0 unspecified atom stereocenters. The summed E-state index contributed by atoms with van der Waals surface area (Å²) < 4.78 is 10.1. The molecule has 7 heteroatoms. The summed E-state index contributed by atoms with van der Waals surface area (Å²) in [7, 11) is 0. The molecule has 6 nitrogen and oxygen atoms in total. The maximum Gasteiger partial charge on any atom is 0.338 e. The summed E-state index contributed by atoms with van der Waals surface area (Å²) in [5.74, 6) is -0.788. The molecule has 0 radical (unpaired) electrons. The van der Waals surface area contributed by atoms with Gasteiger partial charge in [0.25, 0.3) is 0 Å². The van der Waals surface area contributed by atoms with Crippen molar-refractivity contribution in [2.75, 3.05) is 25.5 Å². The van der Waals surface area contributed by atoms with Crippen molar-refractivity contribution >= 4 is 29.6 Å². The molecule has 0 spiro atoms. The van der Waals surface area contributed by atoms with Gasteiger partial charge in [0.2, 0.25) is 5.91 Å². The second kappa shape index (κ2) is 8.54. The monoisotopic (exact) mass is 349 g/mol. The standard InChI is InChI=1S/C17H19NO5S/c1-3-22-16(20)10-15-18(14(19)11-24-15)7-8-23-17(21)13-6-4-5-12(2)9-13/h4-6,9-10H,3,7-8,11H2,1-2H3. The van der Waals surface area contributed by atoms with Crippen molar-refractivity contribution in [3.63, 3.8) is 0 Å². The van der Waals surface area contributed by atoms with Crippen molar-refractivity contribution in [3.05, 3.63) is 46.5 Å². The van der Waals surface area contributed by atoms with E-state index >= 15 is 0 Å². The van der Waals surface area contributed by atoms with E-state index in [1.807, 2.05) is 13.0 Å². The highest BCUT2D eigenvalue weighted by molar-refractivity contribution is 8.04. The highest BCUT2D eigenvalue weighted by atomic mass is 32.2. The molecule has 0 bridgehead atoms. The minimum atomic E-state index is -0.489. The quantitative estimate of drug-likeness (QED) is 0.579. The lowest BCUT2D eigenvalue weighted by Crippen LogP contribution is -2.29. The van der Waals surface area contributed by atoms with Gasteiger partial charge in [-0.1, -0.05) is 29.5 Å². The molecule has 0 saturated carbocycles. The molecule has 1 fully saturated rings. The lowest BCUT2D eigenvalue weighted by Gasteiger charge is -2.16. The van der Waals surface area contributed by atoms with Crippen LogP contribution >= 0.6 is 11.8 Å². The molecule has 1 aromatic rings. The third kappa shape index (κ3) is 4.86. The topological polar surface area (TPSA) is 72.9 Å². The molecule has 24 heavy (non-hydrogen) atoms. The van der Waals surface area contributed by atoms with E-state index in [0.29, 0.717) is 10.6 Å².